The fraction of sp³-hybridized carbons (Fsp3) is 0.800. The van der Waals surface area contributed by atoms with E-state index in [-0.39, 0.29) is 33.4 Å². The summed E-state index contributed by atoms with van der Waals surface area (Å²) < 4.78 is 26.1. The van der Waals surface area contributed by atoms with Gasteiger partial charge in [0.15, 0.2) is 13.6 Å². The maximum Gasteiger partial charge on any atom is 0.334 e. The highest BCUT2D eigenvalue weighted by Gasteiger charge is 2.48. The monoisotopic (exact) mass is 382 g/mol. The number of hydrogen-bond donors (Lipinski definition) is 0. The minimum Gasteiger partial charge on any atom is -0.460 e. The molecule has 0 aromatic heterocycles. The van der Waals surface area contributed by atoms with E-state index in [1.165, 1.54) is 32.1 Å². The van der Waals surface area contributed by atoms with Crippen LogP contribution in [-0.2, 0) is 33.3 Å². The predicted octanol–water partition coefficient (Wildman–Crippen LogP) is 2.44. The van der Waals surface area contributed by atoms with Crippen LogP contribution < -0.4 is 0 Å². The maximum absolute atomic E-state index is 11.5. The molecule has 0 saturated heterocycles. The quantitative estimate of drug-likeness (QED) is 0.235. The third-order valence-electron chi connectivity index (χ3n) is 5.82. The molecule has 0 heterocycles. The summed E-state index contributed by atoms with van der Waals surface area (Å²) in [4.78, 5) is 22.7. The Morgan fingerprint density at radius 1 is 0.889 bits per heavy atom. The highest BCUT2D eigenvalue weighted by molar-refractivity contribution is 5.86. The second-order valence-corrected chi connectivity index (χ2v) is 7.99. The van der Waals surface area contributed by atoms with E-state index in [9.17, 15) is 9.59 Å². The Morgan fingerprint density at radius 2 is 1.56 bits per heavy atom. The van der Waals surface area contributed by atoms with Gasteiger partial charge < -0.3 is 23.7 Å². The number of ether oxygens (including phenoxy) is 5. The number of carbonyl (C=O) groups is 2. The van der Waals surface area contributed by atoms with Crippen molar-refractivity contribution in [3.63, 3.8) is 0 Å². The molecule has 0 aliphatic heterocycles. The summed E-state index contributed by atoms with van der Waals surface area (Å²) in [7, 11) is 0. The average molecular weight is 382 g/mol. The summed E-state index contributed by atoms with van der Waals surface area (Å²) >= 11 is 0. The molecule has 152 valence electrons. The normalized spacial score (nSPS) is 30.9. The lowest BCUT2D eigenvalue weighted by atomic mass is 9.55. The van der Waals surface area contributed by atoms with Crippen molar-refractivity contribution in [1.29, 1.82) is 0 Å². The lowest BCUT2D eigenvalue weighted by molar-refractivity contribution is -0.203. The molecule has 7 heteroatoms. The number of hydrogen-bond acceptors (Lipinski definition) is 7. The van der Waals surface area contributed by atoms with Gasteiger partial charge in [-0.15, -0.1) is 0 Å². The number of esters is 2. The highest BCUT2D eigenvalue weighted by atomic mass is 16.7. The van der Waals surface area contributed by atoms with Gasteiger partial charge in [-0.3, -0.25) is 0 Å². The number of carbonyl (C=O) groups excluding carboxylic acids is 2. The standard InChI is InChI=1S/C20H30O7/c1-13(2)20(22)25-4-3-23-10-18(21)26-11-24-12-27-19-16-6-14-5-15(8-16)9-17(19)7-14/h14-17,19H,1,3-12H2,2H3. The first-order valence-corrected chi connectivity index (χ1v) is 9.78. The van der Waals surface area contributed by atoms with Crippen molar-refractivity contribution < 1.29 is 33.3 Å². The molecule has 4 bridgehead atoms. The minimum absolute atomic E-state index is 0.0642. The Kier molecular flexibility index (Phi) is 7.26. The van der Waals surface area contributed by atoms with Crippen molar-refractivity contribution in [2.45, 2.75) is 45.1 Å². The lowest BCUT2D eigenvalue weighted by Crippen LogP contribution is -2.49. The highest BCUT2D eigenvalue weighted by Crippen LogP contribution is 2.54. The summed E-state index contributed by atoms with van der Waals surface area (Å²) in [6.45, 7) is 4.99. The van der Waals surface area contributed by atoms with Crippen LogP contribution in [0.25, 0.3) is 0 Å². The topological polar surface area (TPSA) is 80.3 Å². The minimum atomic E-state index is -0.532. The number of rotatable bonds is 11. The molecule has 0 N–H and O–H groups in total. The van der Waals surface area contributed by atoms with Gasteiger partial charge in [0.1, 0.15) is 13.2 Å². The van der Waals surface area contributed by atoms with E-state index in [2.05, 4.69) is 6.58 Å². The first-order chi connectivity index (χ1) is 13.0. The van der Waals surface area contributed by atoms with Gasteiger partial charge in [0.05, 0.1) is 12.7 Å². The van der Waals surface area contributed by atoms with E-state index in [1.54, 1.807) is 6.92 Å². The van der Waals surface area contributed by atoms with Crippen LogP contribution in [-0.4, -0.2) is 51.4 Å². The molecule has 0 unspecified atom stereocenters. The van der Waals surface area contributed by atoms with Crippen molar-refractivity contribution >= 4 is 11.9 Å². The molecule has 4 rings (SSSR count). The van der Waals surface area contributed by atoms with Crippen LogP contribution >= 0.6 is 0 Å². The summed E-state index contributed by atoms with van der Waals surface area (Å²) in [5, 5.41) is 0. The van der Waals surface area contributed by atoms with Crippen LogP contribution in [0.2, 0.25) is 0 Å². The first kappa shape index (κ1) is 20.3. The Bertz CT molecular complexity index is 516. The SMILES string of the molecule is C=C(C)C(=O)OCCOCC(=O)OCOCOC1C2CC3CC(C2)CC1C3. The Labute approximate surface area is 160 Å². The van der Waals surface area contributed by atoms with Gasteiger partial charge in [-0.1, -0.05) is 6.58 Å². The summed E-state index contributed by atoms with van der Waals surface area (Å²) in [6, 6.07) is 0. The summed E-state index contributed by atoms with van der Waals surface area (Å²) in [5.74, 6) is 2.18. The van der Waals surface area contributed by atoms with Crippen molar-refractivity contribution in [2.75, 3.05) is 33.4 Å². The molecular weight excluding hydrogens is 352 g/mol. The molecule has 4 aliphatic carbocycles. The van der Waals surface area contributed by atoms with Crippen LogP contribution in [0.1, 0.15) is 39.0 Å². The van der Waals surface area contributed by atoms with Gasteiger partial charge in [-0.2, -0.15) is 0 Å². The zero-order valence-corrected chi connectivity index (χ0v) is 16.0. The molecule has 0 amide bonds. The second-order valence-electron chi connectivity index (χ2n) is 7.99. The summed E-state index contributed by atoms with van der Waals surface area (Å²) in [6.07, 6.45) is 6.91. The molecule has 27 heavy (non-hydrogen) atoms. The predicted molar refractivity (Wildman–Crippen MR) is 95.4 cm³/mol. The van der Waals surface area contributed by atoms with Gasteiger partial charge in [0, 0.05) is 5.57 Å². The van der Waals surface area contributed by atoms with E-state index in [0.717, 1.165) is 11.8 Å². The third kappa shape index (κ3) is 5.77. The Hall–Kier alpha value is -1.44. The van der Waals surface area contributed by atoms with Gasteiger partial charge >= 0.3 is 11.9 Å². The zero-order valence-electron chi connectivity index (χ0n) is 16.0. The lowest BCUT2D eigenvalue weighted by Gasteiger charge is -2.53. The molecule has 4 fully saturated rings. The fourth-order valence-corrected chi connectivity index (χ4v) is 4.93. The van der Waals surface area contributed by atoms with E-state index in [1.807, 2.05) is 0 Å². The van der Waals surface area contributed by atoms with Crippen molar-refractivity contribution in [2.24, 2.45) is 23.7 Å². The first-order valence-electron chi connectivity index (χ1n) is 9.78. The van der Waals surface area contributed by atoms with Gasteiger partial charge in [0.2, 0.25) is 0 Å². The van der Waals surface area contributed by atoms with Crippen molar-refractivity contribution in [3.05, 3.63) is 12.2 Å². The van der Waals surface area contributed by atoms with Crippen molar-refractivity contribution in [1.82, 2.24) is 0 Å². The molecule has 0 radical (unpaired) electrons. The van der Waals surface area contributed by atoms with Gasteiger partial charge in [-0.05, 0) is 62.7 Å². The van der Waals surface area contributed by atoms with Gasteiger partial charge in [-0.25, -0.2) is 9.59 Å². The van der Waals surface area contributed by atoms with Crippen LogP contribution in [0.4, 0.5) is 0 Å². The van der Waals surface area contributed by atoms with E-state index < -0.39 is 11.9 Å². The summed E-state index contributed by atoms with van der Waals surface area (Å²) in [5.41, 5.74) is 0.322. The molecule has 0 spiro atoms. The van der Waals surface area contributed by atoms with Crippen LogP contribution in [0, 0.1) is 23.7 Å². The maximum atomic E-state index is 11.5. The molecule has 0 aromatic carbocycles. The van der Waals surface area contributed by atoms with Crippen LogP contribution in [0.3, 0.4) is 0 Å². The molecule has 4 saturated carbocycles. The average Bonchev–Trinajstić information content (AvgIpc) is 2.62. The van der Waals surface area contributed by atoms with E-state index >= 15 is 0 Å². The molecule has 0 atom stereocenters. The van der Waals surface area contributed by atoms with Crippen LogP contribution in [0.5, 0.6) is 0 Å². The molecule has 7 nitrogen and oxygen atoms in total. The third-order valence-corrected chi connectivity index (χ3v) is 5.82. The molecular formula is C20H30O7. The van der Waals surface area contributed by atoms with Crippen molar-refractivity contribution in [3.8, 4) is 0 Å². The Balaban J connectivity index is 1.18. The Morgan fingerprint density at radius 3 is 2.19 bits per heavy atom. The van der Waals surface area contributed by atoms with Gasteiger partial charge in [0.25, 0.3) is 0 Å². The van der Waals surface area contributed by atoms with Crippen LogP contribution in [0.15, 0.2) is 12.2 Å². The molecule has 0 aromatic rings. The smallest absolute Gasteiger partial charge is 0.334 e. The van der Waals surface area contributed by atoms with E-state index in [4.69, 9.17) is 23.7 Å². The fourth-order valence-electron chi connectivity index (χ4n) is 4.93. The molecule has 4 aliphatic rings. The zero-order chi connectivity index (χ0) is 19.2. The second kappa shape index (κ2) is 9.66. The largest absolute Gasteiger partial charge is 0.460 e. The van der Waals surface area contributed by atoms with E-state index in [0.29, 0.717) is 23.5 Å².